The van der Waals surface area contributed by atoms with Crippen LogP contribution in [0.1, 0.15) is 0 Å². The van der Waals surface area contributed by atoms with E-state index >= 15 is 0 Å². The lowest BCUT2D eigenvalue weighted by molar-refractivity contribution is 1.08. The molecule has 0 atom stereocenters. The second-order valence-corrected chi connectivity index (χ2v) is 16.2. The molecule has 3 nitrogen and oxygen atoms in total. The Balaban J connectivity index is 1.32. The summed E-state index contributed by atoms with van der Waals surface area (Å²) < 4.78 is 0.843. The van der Waals surface area contributed by atoms with Crippen LogP contribution < -0.4 is 81.9 Å². The number of fused-ring (bicyclic) bond motifs is 3. The highest BCUT2D eigenvalue weighted by Crippen LogP contribution is 2.37. The predicted octanol–water partition coefficient (Wildman–Crippen LogP) is -5.85. The Morgan fingerprint density at radius 3 is 1.14 bits per heavy atom. The Morgan fingerprint density at radius 2 is 0.578 bits per heavy atom. The summed E-state index contributed by atoms with van der Waals surface area (Å²) in [5.74, 6) is 0.793. The van der Waals surface area contributed by atoms with Crippen molar-refractivity contribution < 1.29 is 0 Å². The van der Waals surface area contributed by atoms with Gasteiger partial charge in [-0.25, -0.2) is 15.0 Å². The average Bonchev–Trinajstić information content (AvgIpc) is 3.72. The van der Waals surface area contributed by atoms with Gasteiger partial charge in [0, 0.05) is 26.1 Å². The third kappa shape index (κ3) is 6.82. The minimum atomic E-state index is -0.0197. The molecule has 64 heavy (non-hydrogen) atoms. The first-order valence-electron chi connectivity index (χ1n) is 19.5. The monoisotopic (exact) mass is 793 g/mol. The number of aromatic nitrogens is 3. The molecule has 9 aromatic rings. The van der Waals surface area contributed by atoms with Crippen molar-refractivity contribution in [2.75, 3.05) is 0 Å². The van der Waals surface area contributed by atoms with Crippen LogP contribution in [0.4, 0.5) is 0 Å². The maximum absolute atomic E-state index is 7.21. The van der Waals surface area contributed by atoms with Crippen molar-refractivity contribution in [1.82, 2.24) is 15.0 Å². The molecule has 7 aromatic carbocycles. The molecule has 0 unspecified atom stereocenters. The number of nitrogens with zero attached hydrogens (tertiary/aromatic N) is 3. The summed E-state index contributed by atoms with van der Waals surface area (Å²) in [6.07, 6.45) is 0. The van der Waals surface area contributed by atoms with Gasteiger partial charge in [0.2, 0.25) is 0 Å². The average molecular weight is 791 g/mol. The largest absolute Gasteiger partial charge is 0.208 e. The van der Waals surface area contributed by atoms with Crippen molar-refractivity contribution in [2.24, 2.45) is 0 Å². The first-order chi connectivity index (χ1) is 30.5. The van der Waals surface area contributed by atoms with Gasteiger partial charge in [-0.05, 0) is 44.2 Å². The zero-order valence-corrected chi connectivity index (χ0v) is 34.8. The molecular weight excluding hydrogens is 777 g/mol. The minimum Gasteiger partial charge on any atom is -0.208 e. The van der Waals surface area contributed by atoms with Gasteiger partial charge in [0.05, 0.1) is 0 Å². The van der Waals surface area contributed by atoms with Gasteiger partial charge in [0.25, 0.3) is 0 Å². The smallest absolute Gasteiger partial charge is 0.164 e. The summed E-state index contributed by atoms with van der Waals surface area (Å²) in [6, 6.07) is 27.2. The summed E-state index contributed by atoms with van der Waals surface area (Å²) in [7, 11) is 100. The van der Waals surface area contributed by atoms with Crippen LogP contribution in [0.5, 0.6) is 0 Å². The molecule has 0 aliphatic rings. The van der Waals surface area contributed by atoms with Gasteiger partial charge in [-0.1, -0.05) is 140 Å². The van der Waals surface area contributed by atoms with Crippen molar-refractivity contribution in [3.8, 4) is 67.5 Å². The highest BCUT2D eigenvalue weighted by molar-refractivity contribution is 7.28. The molecule has 19 heteroatoms. The van der Waals surface area contributed by atoms with Gasteiger partial charge in [0.15, 0.2) is 17.5 Å². The molecule has 0 N–H and O–H groups in total. The number of benzene rings is 7. The standard InChI is InChI=1S/C45H14B15N3S/c46-26-21(22-32(52)37(57)33(53)23-24-31(51)27(47)20(35(55)42(24)64-41(22)23)19-28(48)38(58)40(60)39(59)29(19)49)30(50)36(56)34(54)25(26)45-62-43(17-9-5-2-6-10-17)61-44(63-45)18-13-11-16(12-14-18)15-7-3-1-4-8-15/h1-14H. The molecule has 0 amide bonds. The maximum atomic E-state index is 7.21. The quantitative estimate of drug-likeness (QED) is 0.158. The van der Waals surface area contributed by atoms with Crippen LogP contribution in [0.15, 0.2) is 84.9 Å². The fraction of sp³-hybridized carbons (Fsp3) is 0. The predicted molar refractivity (Wildman–Crippen MR) is 286 cm³/mol. The topological polar surface area (TPSA) is 38.7 Å². The van der Waals surface area contributed by atoms with Crippen LogP contribution in [0, 0.1) is 0 Å². The normalized spacial score (nSPS) is 11.4. The minimum absolute atomic E-state index is 0.00102. The lowest BCUT2D eigenvalue weighted by atomic mass is 9.57. The van der Waals surface area contributed by atoms with Gasteiger partial charge in [-0.3, -0.25) is 0 Å². The van der Waals surface area contributed by atoms with E-state index in [1.54, 1.807) is 0 Å². The second kappa shape index (κ2) is 16.6. The Hall–Kier alpha value is -5.26. The van der Waals surface area contributed by atoms with E-state index < -0.39 is 0 Å². The van der Waals surface area contributed by atoms with Crippen LogP contribution in [0.3, 0.4) is 0 Å². The molecule has 0 aliphatic carbocycles. The van der Waals surface area contributed by atoms with Gasteiger partial charge < -0.3 is 0 Å². The van der Waals surface area contributed by atoms with Crippen LogP contribution in [-0.2, 0) is 0 Å². The third-order valence-corrected chi connectivity index (χ3v) is 12.8. The van der Waals surface area contributed by atoms with E-state index in [4.69, 9.17) is 133 Å². The van der Waals surface area contributed by atoms with Gasteiger partial charge in [-0.15, -0.1) is 38.7 Å². The molecular formula is C45H14B15N3S. The molecule has 260 valence electrons. The van der Waals surface area contributed by atoms with Crippen LogP contribution >= 0.6 is 11.3 Å². The summed E-state index contributed by atoms with van der Waals surface area (Å²) in [6.45, 7) is 0. The van der Waals surface area contributed by atoms with Crippen LogP contribution in [0.25, 0.3) is 87.7 Å². The molecule has 9 rings (SSSR count). The van der Waals surface area contributed by atoms with Crippen LogP contribution in [0.2, 0.25) is 0 Å². The van der Waals surface area contributed by atoms with Crippen molar-refractivity contribution in [3.63, 3.8) is 0 Å². The molecule has 2 aromatic heterocycles. The van der Waals surface area contributed by atoms with Crippen molar-refractivity contribution in [2.45, 2.75) is 0 Å². The molecule has 0 saturated carbocycles. The summed E-state index contributed by atoms with van der Waals surface area (Å²) >= 11 is 1.16. The fourth-order valence-corrected chi connectivity index (χ4v) is 9.49. The molecule has 0 spiro atoms. The summed E-state index contributed by atoms with van der Waals surface area (Å²) in [5.41, 5.74) is 4.76. The van der Waals surface area contributed by atoms with Gasteiger partial charge in [0.1, 0.15) is 118 Å². The maximum Gasteiger partial charge on any atom is 0.164 e. The zero-order chi connectivity index (χ0) is 45.6. The number of hydrogen-bond acceptors (Lipinski definition) is 4. The first-order valence-corrected chi connectivity index (χ1v) is 20.3. The van der Waals surface area contributed by atoms with E-state index in [9.17, 15) is 0 Å². The van der Waals surface area contributed by atoms with Crippen LogP contribution in [-0.4, -0.2) is 133 Å². The van der Waals surface area contributed by atoms with Crippen molar-refractivity contribution in [3.05, 3.63) is 84.9 Å². The van der Waals surface area contributed by atoms with E-state index in [-0.39, 0.29) is 116 Å². The zero-order valence-electron chi connectivity index (χ0n) is 34.0. The first kappa shape index (κ1) is 44.0. The van der Waals surface area contributed by atoms with E-state index in [1.807, 2.05) is 84.9 Å². The second-order valence-electron chi connectivity index (χ2n) is 15.2. The lowest BCUT2D eigenvalue weighted by Crippen LogP contribution is -2.56. The molecule has 0 saturated heterocycles. The molecule has 0 fully saturated rings. The SMILES string of the molecule is [B]c1c([B])c([B])c(-c2c([B])c([B])c3c(sc4c(-c5c([B])c([B])c([B])c(-c6nc(-c7ccccc7)nc(-c7ccc(-c8ccccc8)cc7)n6)c5[B])c([B])c([B])c([B])c43)c2[B])c([B])c1[B]. The van der Waals surface area contributed by atoms with Gasteiger partial charge in [-0.2, -0.15) is 0 Å². The highest BCUT2D eigenvalue weighted by Gasteiger charge is 2.27. The number of rotatable bonds is 6. The molecule has 2 heterocycles. The van der Waals surface area contributed by atoms with Crippen molar-refractivity contribution >= 4 is 231 Å². The Labute approximate surface area is 396 Å². The fourth-order valence-electron chi connectivity index (χ4n) is 8.13. The lowest BCUT2D eigenvalue weighted by Gasteiger charge is -2.26. The number of thiophene rings is 1. The van der Waals surface area contributed by atoms with E-state index in [0.29, 0.717) is 42.9 Å². The molecule has 0 bridgehead atoms. The Bertz CT molecular complexity index is 3410. The van der Waals surface area contributed by atoms with Gasteiger partial charge >= 0.3 is 0 Å². The van der Waals surface area contributed by atoms with E-state index in [2.05, 4.69) is 0 Å². The Kier molecular flexibility index (Phi) is 11.4. The highest BCUT2D eigenvalue weighted by atomic mass is 32.1. The third-order valence-electron chi connectivity index (χ3n) is 11.6. The number of hydrogen-bond donors (Lipinski definition) is 0. The van der Waals surface area contributed by atoms with Crippen molar-refractivity contribution in [1.29, 1.82) is 0 Å². The van der Waals surface area contributed by atoms with E-state index in [1.165, 1.54) is 0 Å². The van der Waals surface area contributed by atoms with E-state index in [0.717, 1.165) is 22.5 Å². The summed E-state index contributed by atoms with van der Waals surface area (Å²) in [5, 5.41) is 0.733. The molecule has 30 radical (unpaired) electrons. The summed E-state index contributed by atoms with van der Waals surface area (Å²) in [4.78, 5) is 14.7. The molecule has 0 aliphatic heterocycles. The Morgan fingerprint density at radius 1 is 0.250 bits per heavy atom.